The van der Waals surface area contributed by atoms with E-state index in [2.05, 4.69) is 73.3 Å². The molecule has 0 aliphatic carbocycles. The molecule has 1 aliphatic heterocycles. The van der Waals surface area contributed by atoms with Crippen LogP contribution in [-0.2, 0) is 13.5 Å². The molecule has 0 saturated heterocycles. The topological polar surface area (TPSA) is 63.9 Å². The molecule has 0 saturated carbocycles. The normalized spacial score (nSPS) is 14.0. The lowest BCUT2D eigenvalue weighted by Gasteiger charge is -2.38. The Hall–Kier alpha value is -3.32. The molecule has 2 aromatic carbocycles. The molecular weight excluding hydrogens is 450 g/mol. The van der Waals surface area contributed by atoms with Gasteiger partial charge in [0, 0.05) is 67.0 Å². The summed E-state index contributed by atoms with van der Waals surface area (Å²) in [4.78, 5) is 7.49. The van der Waals surface area contributed by atoms with Crippen LogP contribution < -0.4 is 19.7 Å². The minimum Gasteiger partial charge on any atom is -0.497 e. The first-order chi connectivity index (χ1) is 17.3. The summed E-state index contributed by atoms with van der Waals surface area (Å²) in [6.45, 7) is 9.76. The van der Waals surface area contributed by atoms with Gasteiger partial charge in [-0.05, 0) is 36.5 Å². The molecule has 36 heavy (non-hydrogen) atoms. The van der Waals surface area contributed by atoms with Crippen LogP contribution in [-0.4, -0.2) is 48.3 Å². The van der Waals surface area contributed by atoms with Crippen molar-refractivity contribution in [3.63, 3.8) is 0 Å². The number of hydrogen-bond acceptors (Lipinski definition) is 6. The van der Waals surface area contributed by atoms with Gasteiger partial charge in [0.1, 0.15) is 11.5 Å². The van der Waals surface area contributed by atoms with Crippen molar-refractivity contribution in [2.75, 3.05) is 25.7 Å². The Morgan fingerprint density at radius 1 is 0.972 bits per heavy atom. The average molecular weight is 490 g/mol. The van der Waals surface area contributed by atoms with Gasteiger partial charge in [0.25, 0.3) is 0 Å². The second kappa shape index (κ2) is 11.2. The zero-order chi connectivity index (χ0) is 25.8. The molecule has 1 N–H and O–H groups in total. The third-order valence-electron chi connectivity index (χ3n) is 6.72. The van der Waals surface area contributed by atoms with Crippen LogP contribution in [0, 0.1) is 5.92 Å². The summed E-state index contributed by atoms with van der Waals surface area (Å²) >= 11 is 0. The van der Waals surface area contributed by atoms with Gasteiger partial charge in [0.05, 0.1) is 31.8 Å². The summed E-state index contributed by atoms with van der Waals surface area (Å²) in [6.07, 6.45) is 5.82. The smallest absolute Gasteiger partial charge is 0.124 e. The highest BCUT2D eigenvalue weighted by atomic mass is 16.5. The molecular formula is C29H39N5O2. The Bertz CT molecular complexity index is 1190. The lowest BCUT2D eigenvalue weighted by atomic mass is 9.96. The number of aryl methyl sites for hydroxylation is 2. The monoisotopic (exact) mass is 489 g/mol. The fourth-order valence-electron chi connectivity index (χ4n) is 4.70. The van der Waals surface area contributed by atoms with Gasteiger partial charge in [-0.1, -0.05) is 33.8 Å². The van der Waals surface area contributed by atoms with Crippen LogP contribution in [0.5, 0.6) is 11.5 Å². The highest BCUT2D eigenvalue weighted by molar-refractivity contribution is 6.03. The van der Waals surface area contributed by atoms with Gasteiger partial charge < -0.3 is 19.7 Å². The first-order valence-electron chi connectivity index (χ1n) is 12.7. The van der Waals surface area contributed by atoms with E-state index in [9.17, 15) is 0 Å². The first-order valence-corrected chi connectivity index (χ1v) is 12.7. The molecule has 0 bridgehead atoms. The summed E-state index contributed by atoms with van der Waals surface area (Å²) in [5.74, 6) is 1.92. The van der Waals surface area contributed by atoms with Crippen LogP contribution in [0.3, 0.4) is 0 Å². The molecule has 3 aromatic rings. The lowest BCUT2D eigenvalue weighted by Crippen LogP contribution is -2.45. The van der Waals surface area contributed by atoms with Gasteiger partial charge in [0.15, 0.2) is 0 Å². The average Bonchev–Trinajstić information content (AvgIpc) is 3.31. The standard InChI is InChI=1S/C29H39N5O2/c1-19(2)29(17-30-20(3)4)34(24-12-25(35-6)15-26(13-24)36-7)23-10-8-21-9-11-27(32-28(21)14-23)22-16-31-33(5)18-22/h8,10,12-16,18-20,29-30H,9,11,17H2,1-7H3. The number of methoxy groups -OCH3 is 2. The number of ether oxygens (including phenoxy) is 2. The van der Waals surface area contributed by atoms with Crippen molar-refractivity contribution in [3.8, 4) is 11.5 Å². The van der Waals surface area contributed by atoms with E-state index in [4.69, 9.17) is 14.5 Å². The van der Waals surface area contributed by atoms with Crippen LogP contribution in [0.25, 0.3) is 0 Å². The van der Waals surface area contributed by atoms with Gasteiger partial charge in [-0.25, -0.2) is 0 Å². The van der Waals surface area contributed by atoms with Crippen LogP contribution in [0.1, 0.15) is 45.2 Å². The Morgan fingerprint density at radius 2 is 1.69 bits per heavy atom. The van der Waals surface area contributed by atoms with Crippen molar-refractivity contribution in [2.45, 2.75) is 52.6 Å². The quantitative estimate of drug-likeness (QED) is 0.398. The van der Waals surface area contributed by atoms with Gasteiger partial charge >= 0.3 is 0 Å². The molecule has 7 nitrogen and oxygen atoms in total. The lowest BCUT2D eigenvalue weighted by molar-refractivity contribution is 0.393. The minimum atomic E-state index is 0.202. The summed E-state index contributed by atoms with van der Waals surface area (Å²) in [5.41, 5.74) is 6.60. The third kappa shape index (κ3) is 5.73. The number of nitrogens with zero attached hydrogens (tertiary/aromatic N) is 4. The second-order valence-corrected chi connectivity index (χ2v) is 10.1. The third-order valence-corrected chi connectivity index (χ3v) is 6.72. The second-order valence-electron chi connectivity index (χ2n) is 10.1. The van der Waals surface area contributed by atoms with Crippen LogP contribution in [0.2, 0.25) is 0 Å². The predicted octanol–water partition coefficient (Wildman–Crippen LogP) is 5.67. The number of nitrogens with one attached hydrogen (secondary N) is 1. The first kappa shape index (κ1) is 25.8. The highest BCUT2D eigenvalue weighted by Crippen LogP contribution is 2.39. The molecule has 2 heterocycles. The molecule has 0 amide bonds. The van der Waals surface area contributed by atoms with Gasteiger partial charge in [-0.3, -0.25) is 9.67 Å². The fourth-order valence-corrected chi connectivity index (χ4v) is 4.70. The van der Waals surface area contributed by atoms with E-state index in [1.54, 1.807) is 14.2 Å². The zero-order valence-corrected chi connectivity index (χ0v) is 22.6. The molecule has 0 radical (unpaired) electrons. The van der Waals surface area contributed by atoms with E-state index >= 15 is 0 Å². The van der Waals surface area contributed by atoms with Crippen molar-refractivity contribution < 1.29 is 9.47 Å². The molecule has 0 spiro atoms. The molecule has 1 aromatic heterocycles. The van der Waals surface area contributed by atoms with Crippen molar-refractivity contribution in [2.24, 2.45) is 18.0 Å². The molecule has 4 rings (SSSR count). The maximum Gasteiger partial charge on any atom is 0.124 e. The SMILES string of the molecule is COc1cc(OC)cc(N(c2ccc3c(c2)N=C(c2cnn(C)c2)CC3)C(CNC(C)C)C(C)C)c1. The largest absolute Gasteiger partial charge is 0.497 e. The number of anilines is 2. The number of fused-ring (bicyclic) bond motifs is 1. The van der Waals surface area contributed by atoms with Crippen LogP contribution in [0.15, 0.2) is 53.8 Å². The van der Waals surface area contributed by atoms with Crippen LogP contribution in [0.4, 0.5) is 17.1 Å². The molecule has 7 heteroatoms. The van der Waals surface area contributed by atoms with Gasteiger partial charge in [-0.15, -0.1) is 0 Å². The summed E-state index contributed by atoms with van der Waals surface area (Å²) < 4.78 is 13.1. The number of rotatable bonds is 10. The van der Waals surface area contributed by atoms with Crippen molar-refractivity contribution in [3.05, 3.63) is 59.9 Å². The van der Waals surface area contributed by atoms with Crippen molar-refractivity contribution >= 4 is 22.8 Å². The summed E-state index contributed by atoms with van der Waals surface area (Å²) in [6, 6.07) is 13.3. The molecule has 192 valence electrons. The maximum atomic E-state index is 5.63. The number of benzene rings is 2. The van der Waals surface area contributed by atoms with E-state index in [-0.39, 0.29) is 6.04 Å². The minimum absolute atomic E-state index is 0.202. The van der Waals surface area contributed by atoms with Gasteiger partial charge in [0.2, 0.25) is 0 Å². The zero-order valence-electron chi connectivity index (χ0n) is 22.6. The van der Waals surface area contributed by atoms with E-state index in [0.717, 1.165) is 59.2 Å². The molecule has 1 atom stereocenters. The van der Waals surface area contributed by atoms with E-state index in [1.807, 2.05) is 30.2 Å². The Morgan fingerprint density at radius 3 is 2.28 bits per heavy atom. The maximum absolute atomic E-state index is 5.63. The summed E-state index contributed by atoms with van der Waals surface area (Å²) in [5, 5.41) is 8.00. The van der Waals surface area contributed by atoms with Crippen LogP contribution >= 0.6 is 0 Å². The van der Waals surface area contributed by atoms with E-state index < -0.39 is 0 Å². The molecule has 0 fully saturated rings. The Balaban J connectivity index is 1.82. The number of aliphatic imine (C=N–C) groups is 1. The number of aromatic nitrogens is 2. The number of hydrogen-bond donors (Lipinski definition) is 1. The fraction of sp³-hybridized carbons (Fsp3) is 0.448. The van der Waals surface area contributed by atoms with E-state index in [0.29, 0.717) is 12.0 Å². The predicted molar refractivity (Wildman–Crippen MR) is 148 cm³/mol. The van der Waals surface area contributed by atoms with Crippen molar-refractivity contribution in [1.29, 1.82) is 0 Å². The Labute approximate surface area is 215 Å². The Kier molecular flexibility index (Phi) is 7.99. The van der Waals surface area contributed by atoms with Crippen molar-refractivity contribution in [1.82, 2.24) is 15.1 Å². The van der Waals surface area contributed by atoms with E-state index in [1.165, 1.54) is 5.56 Å². The summed E-state index contributed by atoms with van der Waals surface area (Å²) in [7, 11) is 5.32. The molecule has 1 aliphatic rings. The van der Waals surface area contributed by atoms with Gasteiger partial charge in [-0.2, -0.15) is 5.10 Å². The molecule has 1 unspecified atom stereocenters. The highest BCUT2D eigenvalue weighted by Gasteiger charge is 2.26.